The van der Waals surface area contributed by atoms with Crippen LogP contribution in [0.25, 0.3) is 28.0 Å². The van der Waals surface area contributed by atoms with Gasteiger partial charge in [0.2, 0.25) is 0 Å². The van der Waals surface area contributed by atoms with Gasteiger partial charge in [-0.1, -0.05) is 0 Å². The molecule has 0 N–H and O–H groups in total. The average Bonchev–Trinajstić information content (AvgIpc) is 3.30. The van der Waals surface area contributed by atoms with Gasteiger partial charge in [0, 0.05) is 31.2 Å². The second-order valence-electron chi connectivity index (χ2n) is 8.67. The third-order valence-electron chi connectivity index (χ3n) is 6.54. The number of aryl methyl sites for hydroxylation is 2. The third kappa shape index (κ3) is 2.63. The minimum absolute atomic E-state index is 0.272. The molecule has 2 aliphatic rings. The van der Waals surface area contributed by atoms with E-state index in [1.54, 1.807) is 4.52 Å². The highest BCUT2D eigenvalue weighted by molar-refractivity contribution is 5.81. The predicted octanol–water partition coefficient (Wildman–Crippen LogP) is 3.43. The second kappa shape index (κ2) is 6.25. The number of aromatic nitrogens is 4. The maximum absolute atomic E-state index is 14.9. The first-order valence-corrected chi connectivity index (χ1v) is 10.4. The van der Waals surface area contributed by atoms with Crippen LogP contribution in [0.4, 0.5) is 10.4 Å². The highest BCUT2D eigenvalue weighted by Gasteiger charge is 2.41. The summed E-state index contributed by atoms with van der Waals surface area (Å²) in [6.45, 7) is 6.85. The number of rotatable bonds is 2. The van der Waals surface area contributed by atoms with Gasteiger partial charge in [-0.05, 0) is 57.0 Å². The lowest BCUT2D eigenvalue weighted by Crippen LogP contribution is -2.62. The average molecular weight is 406 g/mol. The fourth-order valence-corrected chi connectivity index (χ4v) is 4.88. The Bertz CT molecular complexity index is 1290. The van der Waals surface area contributed by atoms with Gasteiger partial charge in [-0.15, -0.1) is 0 Å². The number of likely N-dealkylation sites (N-methyl/N-ethyl adjacent to an activating group) is 1. The Labute approximate surface area is 173 Å². The molecule has 2 atom stereocenters. The van der Waals surface area contributed by atoms with E-state index >= 15 is 0 Å². The van der Waals surface area contributed by atoms with Crippen LogP contribution in [0.3, 0.4) is 0 Å². The Balaban J connectivity index is 1.39. The summed E-state index contributed by atoms with van der Waals surface area (Å²) in [4.78, 5) is 13.5. The zero-order chi connectivity index (χ0) is 20.6. The van der Waals surface area contributed by atoms with Crippen molar-refractivity contribution in [3.8, 4) is 11.3 Å². The number of oxazole rings is 1. The number of halogens is 1. The Morgan fingerprint density at radius 2 is 2.00 bits per heavy atom. The van der Waals surface area contributed by atoms with Crippen LogP contribution in [0.1, 0.15) is 17.7 Å². The second-order valence-corrected chi connectivity index (χ2v) is 8.67. The van der Waals surface area contributed by atoms with Crippen molar-refractivity contribution in [3.63, 3.8) is 0 Å². The topological polar surface area (TPSA) is 62.7 Å². The van der Waals surface area contributed by atoms with Gasteiger partial charge in [-0.25, -0.2) is 13.9 Å². The molecule has 0 radical (unpaired) electrons. The third-order valence-corrected chi connectivity index (χ3v) is 6.54. The molecule has 2 fully saturated rings. The summed E-state index contributed by atoms with van der Waals surface area (Å²) in [5.41, 5.74) is 4.75. The lowest BCUT2D eigenvalue weighted by molar-refractivity contribution is 0.0268. The molecule has 8 heteroatoms. The Hall–Kier alpha value is -3.00. The molecule has 7 nitrogen and oxygen atoms in total. The van der Waals surface area contributed by atoms with Crippen molar-refractivity contribution in [2.45, 2.75) is 26.3 Å². The van der Waals surface area contributed by atoms with Crippen LogP contribution in [-0.4, -0.2) is 57.2 Å². The number of hydrogen-bond donors (Lipinski definition) is 0. The van der Waals surface area contributed by atoms with Crippen LogP contribution in [-0.2, 0) is 0 Å². The van der Waals surface area contributed by atoms with E-state index in [2.05, 4.69) is 31.9 Å². The smallest absolute Gasteiger partial charge is 0.298 e. The monoisotopic (exact) mass is 406 g/mol. The number of piperidine rings is 1. The maximum Gasteiger partial charge on any atom is 0.298 e. The fourth-order valence-electron chi connectivity index (χ4n) is 4.88. The van der Waals surface area contributed by atoms with Crippen LogP contribution in [0.15, 0.2) is 28.8 Å². The van der Waals surface area contributed by atoms with Crippen LogP contribution in [0.2, 0.25) is 0 Å². The minimum Gasteiger partial charge on any atom is -0.423 e. The van der Waals surface area contributed by atoms with E-state index < -0.39 is 5.82 Å². The molecule has 5 heterocycles. The van der Waals surface area contributed by atoms with Gasteiger partial charge in [0.25, 0.3) is 6.01 Å². The molecule has 154 valence electrons. The van der Waals surface area contributed by atoms with E-state index in [1.165, 1.54) is 6.07 Å². The van der Waals surface area contributed by atoms with Crippen LogP contribution in [0, 0.1) is 25.6 Å². The molecule has 2 unspecified atom stereocenters. The number of likely N-dealkylation sites (tertiary alicyclic amines) is 1. The molecule has 6 rings (SSSR count). The summed E-state index contributed by atoms with van der Waals surface area (Å²) >= 11 is 0. The summed E-state index contributed by atoms with van der Waals surface area (Å²) < 4.78 is 22.7. The van der Waals surface area contributed by atoms with Crippen molar-refractivity contribution in [2.75, 3.05) is 31.6 Å². The van der Waals surface area contributed by atoms with Gasteiger partial charge in [-0.3, -0.25) is 0 Å². The molecule has 0 aliphatic carbocycles. The molecule has 0 amide bonds. The summed E-state index contributed by atoms with van der Waals surface area (Å²) in [6.07, 6.45) is 2.99. The first kappa shape index (κ1) is 17.8. The van der Waals surface area contributed by atoms with Crippen LogP contribution in [0.5, 0.6) is 0 Å². The maximum atomic E-state index is 14.9. The van der Waals surface area contributed by atoms with Gasteiger partial charge >= 0.3 is 0 Å². The van der Waals surface area contributed by atoms with Crippen molar-refractivity contribution in [1.29, 1.82) is 0 Å². The molecule has 0 spiro atoms. The van der Waals surface area contributed by atoms with Crippen molar-refractivity contribution in [3.05, 3.63) is 41.5 Å². The standard InChI is InChI=1S/C22H23FN6O/c1-12-6-17(26-29-9-13(2)24-21(12)29)15-7-16(23)20-19(8-15)30-22(25-20)28-5-4-14-10-27(3)18(14)11-28/h6-9,14,18H,4-5,10-11H2,1-3H3. The highest BCUT2D eigenvalue weighted by Crippen LogP contribution is 2.35. The number of imidazole rings is 1. The number of hydrogen-bond acceptors (Lipinski definition) is 6. The Morgan fingerprint density at radius 1 is 1.13 bits per heavy atom. The zero-order valence-electron chi connectivity index (χ0n) is 17.3. The predicted molar refractivity (Wildman–Crippen MR) is 112 cm³/mol. The van der Waals surface area contributed by atoms with E-state index in [-0.39, 0.29) is 5.52 Å². The van der Waals surface area contributed by atoms with Gasteiger partial charge in [-0.2, -0.15) is 10.1 Å². The summed E-state index contributed by atoms with van der Waals surface area (Å²) in [5, 5.41) is 4.62. The van der Waals surface area contributed by atoms with Gasteiger partial charge < -0.3 is 14.2 Å². The van der Waals surface area contributed by atoms with Gasteiger partial charge in [0.15, 0.2) is 17.0 Å². The summed E-state index contributed by atoms with van der Waals surface area (Å²) in [7, 11) is 2.15. The molecule has 0 saturated carbocycles. The number of benzene rings is 1. The highest BCUT2D eigenvalue weighted by atomic mass is 19.1. The molecule has 2 aliphatic heterocycles. The van der Waals surface area contributed by atoms with E-state index in [4.69, 9.17) is 4.42 Å². The lowest BCUT2D eigenvalue weighted by atomic mass is 9.83. The van der Waals surface area contributed by atoms with Crippen molar-refractivity contribution in [1.82, 2.24) is 24.5 Å². The molecule has 4 aromatic rings. The van der Waals surface area contributed by atoms with Crippen molar-refractivity contribution < 1.29 is 8.81 Å². The molecular formula is C22H23FN6O. The Morgan fingerprint density at radius 3 is 2.83 bits per heavy atom. The summed E-state index contributed by atoms with van der Waals surface area (Å²) in [6, 6.07) is 6.28. The van der Waals surface area contributed by atoms with Gasteiger partial charge in [0.05, 0.1) is 17.6 Å². The molecule has 2 saturated heterocycles. The SMILES string of the molecule is Cc1cn2nc(-c3cc(F)c4nc(N5CCC6CN(C)C6C5)oc4c3)cc(C)c2n1. The van der Waals surface area contributed by atoms with Crippen molar-refractivity contribution in [2.24, 2.45) is 5.92 Å². The first-order chi connectivity index (χ1) is 14.5. The first-order valence-electron chi connectivity index (χ1n) is 10.4. The fraction of sp³-hybridized carbons (Fsp3) is 0.409. The molecule has 3 aromatic heterocycles. The largest absolute Gasteiger partial charge is 0.423 e. The van der Waals surface area contributed by atoms with E-state index in [1.807, 2.05) is 32.2 Å². The number of fused-ring (bicyclic) bond motifs is 3. The minimum atomic E-state index is -0.394. The lowest BCUT2D eigenvalue weighted by Gasteiger charge is -2.51. The molecule has 1 aromatic carbocycles. The van der Waals surface area contributed by atoms with E-state index in [9.17, 15) is 4.39 Å². The zero-order valence-corrected chi connectivity index (χ0v) is 17.3. The summed E-state index contributed by atoms with van der Waals surface area (Å²) in [5.74, 6) is 0.365. The Kier molecular flexibility index (Phi) is 3.71. The molecule has 0 bridgehead atoms. The molecule has 30 heavy (non-hydrogen) atoms. The van der Waals surface area contributed by atoms with Crippen LogP contribution < -0.4 is 4.90 Å². The number of anilines is 1. The van der Waals surface area contributed by atoms with E-state index in [0.29, 0.717) is 28.9 Å². The van der Waals surface area contributed by atoms with Crippen molar-refractivity contribution >= 4 is 22.8 Å². The molecular weight excluding hydrogens is 383 g/mol. The number of nitrogens with zero attached hydrogens (tertiary/aromatic N) is 6. The normalized spacial score (nSPS) is 21.9. The van der Waals surface area contributed by atoms with Gasteiger partial charge in [0.1, 0.15) is 5.52 Å². The van der Waals surface area contributed by atoms with Crippen LogP contribution >= 0.6 is 0 Å². The quantitative estimate of drug-likeness (QED) is 0.508. The van der Waals surface area contributed by atoms with E-state index in [0.717, 1.165) is 48.9 Å².